The van der Waals surface area contributed by atoms with Crippen molar-refractivity contribution >= 4 is 29.1 Å². The summed E-state index contributed by atoms with van der Waals surface area (Å²) in [4.78, 5) is 24.3. The zero-order valence-electron chi connectivity index (χ0n) is 15.8. The maximum atomic E-state index is 12.5. The Labute approximate surface area is 158 Å². The molecule has 0 bridgehead atoms. The maximum Gasteiger partial charge on any atom is 0.251 e. The van der Waals surface area contributed by atoms with Crippen LogP contribution in [0.15, 0.2) is 18.2 Å². The van der Waals surface area contributed by atoms with Gasteiger partial charge < -0.3 is 10.6 Å². The molecule has 1 heterocycles. The van der Waals surface area contributed by atoms with Gasteiger partial charge in [0, 0.05) is 30.4 Å². The van der Waals surface area contributed by atoms with Gasteiger partial charge in [0.15, 0.2) is 0 Å². The Morgan fingerprint density at radius 2 is 1.96 bits per heavy atom. The second-order valence-electron chi connectivity index (χ2n) is 6.72. The monoisotopic (exact) mass is 376 g/mol. The summed E-state index contributed by atoms with van der Waals surface area (Å²) in [5.41, 5.74) is 3.62. The second-order valence-corrected chi connectivity index (χ2v) is 7.13. The minimum Gasteiger partial charge on any atom is -0.355 e. The minimum atomic E-state index is -0.237. The molecular weight excluding hydrogens is 352 g/mol. The van der Waals surface area contributed by atoms with E-state index in [0.717, 1.165) is 23.5 Å². The van der Waals surface area contributed by atoms with Crippen molar-refractivity contribution in [1.29, 1.82) is 0 Å². The van der Waals surface area contributed by atoms with Crippen molar-refractivity contribution in [2.75, 3.05) is 12.4 Å². The van der Waals surface area contributed by atoms with Crippen LogP contribution < -0.4 is 10.6 Å². The molecule has 0 aliphatic carbocycles. The van der Waals surface area contributed by atoms with Gasteiger partial charge in [0.1, 0.15) is 0 Å². The molecule has 1 aromatic heterocycles. The summed E-state index contributed by atoms with van der Waals surface area (Å²) in [6, 6.07) is 4.78. The molecule has 0 saturated heterocycles. The fourth-order valence-corrected chi connectivity index (χ4v) is 2.94. The Morgan fingerprint density at radius 1 is 1.27 bits per heavy atom. The van der Waals surface area contributed by atoms with Crippen molar-refractivity contribution in [3.63, 3.8) is 0 Å². The summed E-state index contributed by atoms with van der Waals surface area (Å²) < 4.78 is 1.95. The predicted octanol–water partition coefficient (Wildman–Crippen LogP) is 3.35. The first-order valence-corrected chi connectivity index (χ1v) is 8.95. The van der Waals surface area contributed by atoms with E-state index in [1.807, 2.05) is 18.5 Å². The number of amides is 2. The highest BCUT2D eigenvalue weighted by atomic mass is 35.5. The zero-order chi connectivity index (χ0) is 19.4. The average molecular weight is 377 g/mol. The van der Waals surface area contributed by atoms with E-state index in [1.54, 1.807) is 25.2 Å². The van der Waals surface area contributed by atoms with Gasteiger partial charge in [-0.05, 0) is 38.0 Å². The molecule has 0 spiro atoms. The molecule has 0 radical (unpaired) electrons. The molecule has 0 saturated carbocycles. The van der Waals surface area contributed by atoms with E-state index < -0.39 is 0 Å². The van der Waals surface area contributed by atoms with E-state index in [9.17, 15) is 9.59 Å². The number of aryl methyl sites for hydroxylation is 1. The highest BCUT2D eigenvalue weighted by Gasteiger charge is 2.17. The van der Waals surface area contributed by atoms with Gasteiger partial charge in [-0.2, -0.15) is 5.10 Å². The highest BCUT2D eigenvalue weighted by Crippen LogP contribution is 2.24. The van der Waals surface area contributed by atoms with Crippen LogP contribution in [-0.2, 0) is 17.8 Å². The Hall–Kier alpha value is -2.34. The number of halogens is 1. The predicted molar refractivity (Wildman–Crippen MR) is 104 cm³/mol. The molecule has 0 atom stereocenters. The fraction of sp³-hybridized carbons (Fsp3) is 0.421. The lowest BCUT2D eigenvalue weighted by atomic mass is 10.1. The first-order valence-electron chi connectivity index (χ1n) is 8.57. The van der Waals surface area contributed by atoms with Crippen molar-refractivity contribution < 1.29 is 9.59 Å². The van der Waals surface area contributed by atoms with Crippen LogP contribution in [0.1, 0.15) is 41.2 Å². The lowest BCUT2D eigenvalue weighted by molar-refractivity contribution is -0.115. The molecule has 2 N–H and O–H groups in total. The summed E-state index contributed by atoms with van der Waals surface area (Å²) in [5.74, 6) is 0.0380. The SMILES string of the molecule is CNC(=O)c1ccc(Cl)c(NC(=O)Cc2c(C)nn(CC(C)C)c2C)c1. The van der Waals surface area contributed by atoms with Crippen LogP contribution in [0, 0.1) is 19.8 Å². The largest absolute Gasteiger partial charge is 0.355 e. The number of anilines is 1. The number of hydrogen-bond donors (Lipinski definition) is 2. The number of hydrogen-bond acceptors (Lipinski definition) is 3. The average Bonchev–Trinajstić information content (AvgIpc) is 2.83. The number of nitrogens with one attached hydrogen (secondary N) is 2. The van der Waals surface area contributed by atoms with Gasteiger partial charge in [0.05, 0.1) is 22.8 Å². The van der Waals surface area contributed by atoms with Crippen molar-refractivity contribution in [2.45, 2.75) is 40.7 Å². The summed E-state index contributed by atoms with van der Waals surface area (Å²) >= 11 is 6.15. The van der Waals surface area contributed by atoms with Gasteiger partial charge in [-0.25, -0.2) is 0 Å². The molecule has 140 valence electrons. The van der Waals surface area contributed by atoms with Crippen LogP contribution in [0.2, 0.25) is 5.02 Å². The van der Waals surface area contributed by atoms with Crippen molar-refractivity contribution in [1.82, 2.24) is 15.1 Å². The molecule has 0 aliphatic rings. The summed E-state index contributed by atoms with van der Waals surface area (Å²) in [6.45, 7) is 8.96. The van der Waals surface area contributed by atoms with Crippen LogP contribution in [-0.4, -0.2) is 28.6 Å². The molecule has 2 aromatic rings. The minimum absolute atomic E-state index is 0.198. The number of benzene rings is 1. The van der Waals surface area contributed by atoms with E-state index in [-0.39, 0.29) is 18.2 Å². The molecule has 26 heavy (non-hydrogen) atoms. The molecule has 6 nitrogen and oxygen atoms in total. The van der Waals surface area contributed by atoms with Crippen LogP contribution in [0.3, 0.4) is 0 Å². The first-order chi connectivity index (χ1) is 12.2. The van der Waals surface area contributed by atoms with Crippen molar-refractivity contribution in [3.8, 4) is 0 Å². The van der Waals surface area contributed by atoms with E-state index in [2.05, 4.69) is 29.6 Å². The summed E-state index contributed by atoms with van der Waals surface area (Å²) in [7, 11) is 1.55. The third-order valence-electron chi connectivity index (χ3n) is 4.14. The standard InChI is InChI=1S/C19H25ClN4O2/c1-11(2)10-24-13(4)15(12(3)23-24)9-18(25)22-17-8-14(19(26)21-5)6-7-16(17)20/h6-8,11H,9-10H2,1-5H3,(H,21,26)(H,22,25). The molecule has 0 aliphatic heterocycles. The lowest BCUT2D eigenvalue weighted by Gasteiger charge is -2.10. The number of carbonyl (C=O) groups excluding carboxylic acids is 2. The molecule has 0 unspecified atom stereocenters. The number of rotatable bonds is 6. The first kappa shape index (κ1) is 20.0. The molecular formula is C19H25ClN4O2. The van der Waals surface area contributed by atoms with E-state index >= 15 is 0 Å². The van der Waals surface area contributed by atoms with Crippen molar-refractivity contribution in [2.24, 2.45) is 5.92 Å². The third kappa shape index (κ3) is 4.64. The fourth-order valence-electron chi connectivity index (χ4n) is 2.78. The van der Waals surface area contributed by atoms with Crippen LogP contribution >= 0.6 is 11.6 Å². The third-order valence-corrected chi connectivity index (χ3v) is 4.47. The number of nitrogens with zero attached hydrogens (tertiary/aromatic N) is 2. The molecule has 2 amide bonds. The van der Waals surface area contributed by atoms with Crippen LogP contribution in [0.25, 0.3) is 0 Å². The molecule has 0 fully saturated rings. The Kier molecular flexibility index (Phi) is 6.42. The second kappa shape index (κ2) is 8.36. The van der Waals surface area contributed by atoms with Gasteiger partial charge >= 0.3 is 0 Å². The van der Waals surface area contributed by atoms with Gasteiger partial charge in [-0.1, -0.05) is 25.4 Å². The summed E-state index contributed by atoms with van der Waals surface area (Å²) in [5, 5.41) is 10.3. The van der Waals surface area contributed by atoms with Gasteiger partial charge in [0.2, 0.25) is 5.91 Å². The number of carbonyl (C=O) groups is 2. The summed E-state index contributed by atoms with van der Waals surface area (Å²) in [6.07, 6.45) is 0.205. The van der Waals surface area contributed by atoms with Crippen LogP contribution in [0.4, 0.5) is 5.69 Å². The van der Waals surface area contributed by atoms with Gasteiger partial charge in [-0.15, -0.1) is 0 Å². The Bertz CT molecular complexity index is 827. The van der Waals surface area contributed by atoms with E-state index in [0.29, 0.717) is 22.2 Å². The Morgan fingerprint density at radius 3 is 2.58 bits per heavy atom. The zero-order valence-corrected chi connectivity index (χ0v) is 16.6. The van der Waals surface area contributed by atoms with E-state index in [4.69, 9.17) is 11.6 Å². The lowest BCUT2D eigenvalue weighted by Crippen LogP contribution is -2.19. The van der Waals surface area contributed by atoms with Gasteiger partial charge in [0.25, 0.3) is 5.91 Å². The Balaban J connectivity index is 2.17. The van der Waals surface area contributed by atoms with Crippen molar-refractivity contribution in [3.05, 3.63) is 45.7 Å². The highest BCUT2D eigenvalue weighted by molar-refractivity contribution is 6.33. The molecule has 7 heteroatoms. The molecule has 2 rings (SSSR count). The quantitative estimate of drug-likeness (QED) is 0.811. The number of aromatic nitrogens is 2. The molecule has 1 aromatic carbocycles. The van der Waals surface area contributed by atoms with E-state index in [1.165, 1.54) is 0 Å². The normalized spacial score (nSPS) is 10.9. The van der Waals surface area contributed by atoms with Gasteiger partial charge in [-0.3, -0.25) is 14.3 Å². The van der Waals surface area contributed by atoms with Crippen LogP contribution in [0.5, 0.6) is 0 Å². The maximum absolute atomic E-state index is 12.5. The smallest absolute Gasteiger partial charge is 0.251 e. The topological polar surface area (TPSA) is 76.0 Å².